The fourth-order valence-corrected chi connectivity index (χ4v) is 4.23. The quantitative estimate of drug-likeness (QED) is 0.430. The molecule has 4 rings (SSSR count). The molecule has 4 aromatic rings. The monoisotopic (exact) mass is 391 g/mol. The summed E-state index contributed by atoms with van der Waals surface area (Å²) in [7, 11) is -3.57. The minimum atomic E-state index is -3.57. The number of para-hydroxylation sites is 1. The van der Waals surface area contributed by atoms with Gasteiger partial charge in [-0.3, -0.25) is 4.72 Å². The van der Waals surface area contributed by atoms with Crippen molar-refractivity contribution < 1.29 is 8.42 Å². The smallest absolute Gasteiger partial charge is 0.261 e. The second kappa shape index (κ2) is 7.78. The standard InChI is InChI=1S/C22H21N3O2S/c26-28(27,20-6-2-1-3-7-20)25-19-12-10-18(11-13-19)23-15-14-17-16-24-22-9-5-4-8-21(17)22/h1-13,16,23-25H,14-15H2. The lowest BCUT2D eigenvalue weighted by Gasteiger charge is -2.10. The van der Waals surface area contributed by atoms with Crippen LogP contribution in [0.3, 0.4) is 0 Å². The molecule has 1 heterocycles. The van der Waals surface area contributed by atoms with Crippen molar-refractivity contribution in [2.75, 3.05) is 16.6 Å². The first-order valence-corrected chi connectivity index (χ1v) is 10.6. The van der Waals surface area contributed by atoms with Crippen LogP contribution in [0.25, 0.3) is 10.9 Å². The lowest BCUT2D eigenvalue weighted by atomic mass is 10.1. The average Bonchev–Trinajstić information content (AvgIpc) is 3.13. The van der Waals surface area contributed by atoms with E-state index in [-0.39, 0.29) is 4.90 Å². The van der Waals surface area contributed by atoms with Crippen molar-refractivity contribution in [3.05, 3.63) is 90.6 Å². The first kappa shape index (κ1) is 18.1. The molecule has 3 aromatic carbocycles. The van der Waals surface area contributed by atoms with E-state index in [1.165, 1.54) is 10.9 Å². The molecule has 0 aliphatic carbocycles. The molecule has 28 heavy (non-hydrogen) atoms. The van der Waals surface area contributed by atoms with Crippen molar-refractivity contribution in [3.8, 4) is 0 Å². The second-order valence-corrected chi connectivity index (χ2v) is 8.21. The van der Waals surface area contributed by atoms with Crippen molar-refractivity contribution in [2.45, 2.75) is 11.3 Å². The summed E-state index contributed by atoms with van der Waals surface area (Å²) in [5.74, 6) is 0. The summed E-state index contributed by atoms with van der Waals surface area (Å²) in [5, 5.41) is 4.62. The SMILES string of the molecule is O=S(=O)(Nc1ccc(NCCc2c[nH]c3ccccc23)cc1)c1ccccc1. The molecule has 0 amide bonds. The van der Waals surface area contributed by atoms with E-state index >= 15 is 0 Å². The van der Waals surface area contributed by atoms with Gasteiger partial charge in [0.2, 0.25) is 0 Å². The number of aromatic amines is 1. The summed E-state index contributed by atoms with van der Waals surface area (Å²) in [4.78, 5) is 3.53. The third kappa shape index (κ3) is 4.02. The van der Waals surface area contributed by atoms with E-state index in [4.69, 9.17) is 0 Å². The maximum atomic E-state index is 12.4. The maximum absolute atomic E-state index is 12.4. The topological polar surface area (TPSA) is 74.0 Å². The number of nitrogens with one attached hydrogen (secondary N) is 3. The number of hydrogen-bond acceptors (Lipinski definition) is 3. The Labute approximate surface area is 164 Å². The van der Waals surface area contributed by atoms with Crippen molar-refractivity contribution in [1.82, 2.24) is 4.98 Å². The zero-order chi connectivity index (χ0) is 19.4. The first-order valence-electron chi connectivity index (χ1n) is 9.09. The minimum Gasteiger partial charge on any atom is -0.385 e. The summed E-state index contributed by atoms with van der Waals surface area (Å²) >= 11 is 0. The van der Waals surface area contributed by atoms with Crippen LogP contribution in [0.5, 0.6) is 0 Å². The lowest BCUT2D eigenvalue weighted by molar-refractivity contribution is 0.601. The van der Waals surface area contributed by atoms with Crippen molar-refractivity contribution in [3.63, 3.8) is 0 Å². The number of fused-ring (bicyclic) bond motifs is 1. The molecular weight excluding hydrogens is 370 g/mol. The molecule has 142 valence electrons. The molecule has 0 aliphatic heterocycles. The Balaban J connectivity index is 1.36. The third-order valence-corrected chi connectivity index (χ3v) is 5.99. The van der Waals surface area contributed by atoms with Crippen LogP contribution >= 0.6 is 0 Å². The number of anilines is 2. The van der Waals surface area contributed by atoms with Gasteiger partial charge in [-0.2, -0.15) is 0 Å². The number of H-pyrrole nitrogens is 1. The Kier molecular flexibility index (Phi) is 5.04. The van der Waals surface area contributed by atoms with Crippen LogP contribution < -0.4 is 10.0 Å². The van der Waals surface area contributed by atoms with Gasteiger partial charge in [-0.15, -0.1) is 0 Å². The van der Waals surface area contributed by atoms with E-state index in [0.717, 1.165) is 24.2 Å². The van der Waals surface area contributed by atoms with E-state index in [2.05, 4.69) is 27.2 Å². The average molecular weight is 391 g/mol. The molecule has 0 radical (unpaired) electrons. The van der Waals surface area contributed by atoms with Crippen LogP contribution in [0.1, 0.15) is 5.56 Å². The molecule has 1 aromatic heterocycles. The summed E-state index contributed by atoms with van der Waals surface area (Å²) in [5.41, 5.74) is 3.90. The molecule has 0 spiro atoms. The molecular formula is C22H21N3O2S. The van der Waals surface area contributed by atoms with Crippen LogP contribution in [0.2, 0.25) is 0 Å². The van der Waals surface area contributed by atoms with Crippen molar-refractivity contribution in [1.29, 1.82) is 0 Å². The number of hydrogen-bond donors (Lipinski definition) is 3. The lowest BCUT2D eigenvalue weighted by Crippen LogP contribution is -2.12. The highest BCUT2D eigenvalue weighted by Crippen LogP contribution is 2.20. The van der Waals surface area contributed by atoms with Gasteiger partial charge in [0.1, 0.15) is 0 Å². The van der Waals surface area contributed by atoms with E-state index < -0.39 is 10.0 Å². The molecule has 0 unspecified atom stereocenters. The van der Waals surface area contributed by atoms with Gasteiger partial charge < -0.3 is 10.3 Å². The van der Waals surface area contributed by atoms with Gasteiger partial charge >= 0.3 is 0 Å². The molecule has 0 atom stereocenters. The second-order valence-electron chi connectivity index (χ2n) is 6.53. The highest BCUT2D eigenvalue weighted by Gasteiger charge is 2.13. The maximum Gasteiger partial charge on any atom is 0.261 e. The first-order chi connectivity index (χ1) is 13.6. The van der Waals surface area contributed by atoms with Crippen LogP contribution in [-0.2, 0) is 16.4 Å². The Bertz CT molecular complexity index is 1170. The molecule has 0 fully saturated rings. The summed E-state index contributed by atoms with van der Waals surface area (Å²) in [6.45, 7) is 0.789. The predicted octanol–water partition coefficient (Wildman–Crippen LogP) is 4.62. The Morgan fingerprint density at radius 1 is 0.786 bits per heavy atom. The zero-order valence-corrected chi connectivity index (χ0v) is 16.0. The van der Waals surface area contributed by atoms with Crippen LogP contribution in [0.15, 0.2) is 90.0 Å². The highest BCUT2D eigenvalue weighted by molar-refractivity contribution is 7.92. The van der Waals surface area contributed by atoms with E-state index in [1.54, 1.807) is 42.5 Å². The van der Waals surface area contributed by atoms with E-state index in [9.17, 15) is 8.42 Å². The van der Waals surface area contributed by atoms with Gasteiger partial charge in [-0.05, 0) is 54.4 Å². The minimum absolute atomic E-state index is 0.246. The molecule has 0 saturated heterocycles. The predicted molar refractivity (Wildman–Crippen MR) is 114 cm³/mol. The van der Waals surface area contributed by atoms with Gasteiger partial charge in [0.05, 0.1) is 4.90 Å². The van der Waals surface area contributed by atoms with Gasteiger partial charge in [0.15, 0.2) is 0 Å². The van der Waals surface area contributed by atoms with Crippen molar-refractivity contribution in [2.24, 2.45) is 0 Å². The third-order valence-electron chi connectivity index (χ3n) is 4.59. The largest absolute Gasteiger partial charge is 0.385 e. The van der Waals surface area contributed by atoms with Crippen LogP contribution in [0.4, 0.5) is 11.4 Å². The van der Waals surface area contributed by atoms with Gasteiger partial charge in [0, 0.05) is 35.0 Å². The molecule has 0 saturated carbocycles. The molecule has 5 nitrogen and oxygen atoms in total. The molecule has 0 bridgehead atoms. The van der Waals surface area contributed by atoms with Gasteiger partial charge in [0.25, 0.3) is 10.0 Å². The van der Waals surface area contributed by atoms with Gasteiger partial charge in [-0.1, -0.05) is 36.4 Å². The number of benzene rings is 3. The number of aromatic nitrogens is 1. The van der Waals surface area contributed by atoms with E-state index in [0.29, 0.717) is 5.69 Å². The Morgan fingerprint density at radius 3 is 2.25 bits per heavy atom. The van der Waals surface area contributed by atoms with Crippen LogP contribution in [0, 0.1) is 0 Å². The molecule has 0 aliphatic rings. The fraction of sp³-hybridized carbons (Fsp3) is 0.0909. The summed E-state index contributed by atoms with van der Waals surface area (Å²) in [6.07, 6.45) is 2.94. The van der Waals surface area contributed by atoms with E-state index in [1.807, 2.05) is 30.5 Å². The Hall–Kier alpha value is -3.25. The molecule has 3 N–H and O–H groups in total. The fourth-order valence-electron chi connectivity index (χ4n) is 3.15. The summed E-state index contributed by atoms with van der Waals surface area (Å²) in [6, 6.07) is 23.9. The zero-order valence-electron chi connectivity index (χ0n) is 15.2. The highest BCUT2D eigenvalue weighted by atomic mass is 32.2. The normalized spacial score (nSPS) is 11.4. The Morgan fingerprint density at radius 2 is 1.46 bits per heavy atom. The van der Waals surface area contributed by atoms with Crippen molar-refractivity contribution >= 4 is 32.3 Å². The summed E-state index contributed by atoms with van der Waals surface area (Å²) < 4.78 is 27.3. The number of rotatable bonds is 7. The van der Waals surface area contributed by atoms with Gasteiger partial charge in [-0.25, -0.2) is 8.42 Å². The van der Waals surface area contributed by atoms with Crippen LogP contribution in [-0.4, -0.2) is 19.9 Å². The number of sulfonamides is 1. The molecule has 6 heteroatoms.